The molecule has 3 rings (SSSR count). The van der Waals surface area contributed by atoms with Gasteiger partial charge in [0.15, 0.2) is 5.75 Å². The second-order valence-electron chi connectivity index (χ2n) is 4.27. The van der Waals surface area contributed by atoms with Crippen LogP contribution in [0.25, 0.3) is 10.9 Å². The minimum absolute atomic E-state index is 0.441. The van der Waals surface area contributed by atoms with Gasteiger partial charge in [-0.15, -0.1) is 0 Å². The summed E-state index contributed by atoms with van der Waals surface area (Å²) in [4.78, 5) is 4.31. The molecule has 0 aliphatic heterocycles. The van der Waals surface area contributed by atoms with Gasteiger partial charge < -0.3 is 4.74 Å². The largest absolute Gasteiger partial charge is 0.454 e. The van der Waals surface area contributed by atoms with Gasteiger partial charge >= 0.3 is 0 Å². The number of fused-ring (bicyclic) bond motifs is 1. The maximum atomic E-state index is 9.24. The molecule has 0 radical (unpaired) electrons. The Labute approximate surface area is 134 Å². The zero-order chi connectivity index (χ0) is 14.8. The maximum Gasteiger partial charge on any atom is 0.153 e. The molecule has 1 aromatic heterocycles. The van der Waals surface area contributed by atoms with E-state index in [4.69, 9.17) is 16.3 Å². The molecule has 0 unspecified atom stereocenters. The van der Waals surface area contributed by atoms with Crippen molar-refractivity contribution in [1.82, 2.24) is 4.98 Å². The van der Waals surface area contributed by atoms with Crippen molar-refractivity contribution in [2.45, 2.75) is 0 Å². The Morgan fingerprint density at radius 3 is 2.76 bits per heavy atom. The Bertz CT molecular complexity index is 874. The fraction of sp³-hybridized carbons (Fsp3) is 0. The molecule has 3 nitrogen and oxygen atoms in total. The smallest absolute Gasteiger partial charge is 0.153 e. The first-order valence-electron chi connectivity index (χ1n) is 6.10. The lowest BCUT2D eigenvalue weighted by Crippen LogP contribution is -1.91. The number of rotatable bonds is 2. The van der Waals surface area contributed by atoms with Crippen molar-refractivity contribution in [3.63, 3.8) is 0 Å². The average molecular weight is 360 g/mol. The minimum Gasteiger partial charge on any atom is -0.454 e. The Balaban J connectivity index is 2.14. The summed E-state index contributed by atoms with van der Waals surface area (Å²) >= 11 is 9.50. The summed E-state index contributed by atoms with van der Waals surface area (Å²) in [6, 6.07) is 14.7. The van der Waals surface area contributed by atoms with E-state index >= 15 is 0 Å². The first-order valence-corrected chi connectivity index (χ1v) is 7.27. The van der Waals surface area contributed by atoms with E-state index in [1.165, 1.54) is 0 Å². The molecule has 0 amide bonds. The average Bonchev–Trinajstić information content (AvgIpc) is 2.51. The molecule has 102 valence electrons. The zero-order valence-electron chi connectivity index (χ0n) is 10.7. The number of hydrogen-bond acceptors (Lipinski definition) is 3. The predicted octanol–water partition coefficient (Wildman–Crippen LogP) is 5.31. The van der Waals surface area contributed by atoms with Crippen LogP contribution >= 0.6 is 27.5 Å². The van der Waals surface area contributed by atoms with Crippen LogP contribution in [0.2, 0.25) is 5.02 Å². The minimum atomic E-state index is 0.441. The first kappa shape index (κ1) is 13.9. The van der Waals surface area contributed by atoms with E-state index in [1.54, 1.807) is 30.5 Å². The van der Waals surface area contributed by atoms with Gasteiger partial charge in [0.25, 0.3) is 0 Å². The lowest BCUT2D eigenvalue weighted by molar-refractivity contribution is 0.485. The van der Waals surface area contributed by atoms with Gasteiger partial charge in [0.1, 0.15) is 22.9 Å². The van der Waals surface area contributed by atoms with Gasteiger partial charge in [-0.1, -0.05) is 17.7 Å². The van der Waals surface area contributed by atoms with Gasteiger partial charge in [-0.25, -0.2) is 0 Å². The molecule has 0 bridgehead atoms. The van der Waals surface area contributed by atoms with Crippen molar-refractivity contribution in [1.29, 1.82) is 5.26 Å². The Morgan fingerprint density at radius 1 is 1.10 bits per heavy atom. The van der Waals surface area contributed by atoms with E-state index in [-0.39, 0.29) is 0 Å². The number of pyridine rings is 1. The molecule has 1 heterocycles. The quantitative estimate of drug-likeness (QED) is 0.622. The highest BCUT2D eigenvalue weighted by Gasteiger charge is 2.12. The Morgan fingerprint density at radius 2 is 1.95 bits per heavy atom. The fourth-order valence-electron chi connectivity index (χ4n) is 2.01. The molecule has 0 fully saturated rings. The summed E-state index contributed by atoms with van der Waals surface area (Å²) in [5, 5.41) is 10.7. The Kier molecular flexibility index (Phi) is 3.78. The van der Waals surface area contributed by atoms with E-state index in [0.717, 1.165) is 5.39 Å². The number of nitriles is 1. The van der Waals surface area contributed by atoms with Crippen LogP contribution < -0.4 is 4.74 Å². The number of halogens is 2. The van der Waals surface area contributed by atoms with Gasteiger partial charge in [0, 0.05) is 16.1 Å². The second-order valence-corrected chi connectivity index (χ2v) is 5.53. The monoisotopic (exact) mass is 358 g/mol. The summed E-state index contributed by atoms with van der Waals surface area (Å²) in [5.41, 5.74) is 1.10. The summed E-state index contributed by atoms with van der Waals surface area (Å²) in [5.74, 6) is 1.03. The zero-order valence-corrected chi connectivity index (χ0v) is 13.0. The molecule has 0 saturated heterocycles. The van der Waals surface area contributed by atoms with E-state index in [2.05, 4.69) is 27.0 Å². The van der Waals surface area contributed by atoms with E-state index in [9.17, 15) is 5.26 Å². The molecule has 0 spiro atoms. The molecular formula is C16H8BrClN2O. The van der Waals surface area contributed by atoms with Crippen molar-refractivity contribution in [3.8, 4) is 17.6 Å². The molecule has 0 aliphatic carbocycles. The standard InChI is InChI=1S/C16H8BrClN2O/c17-12-4-1-5-14(11(12)9-19)21-15-7-6-13(18)10-3-2-8-20-16(10)15/h1-8H. The molecule has 2 aromatic carbocycles. The highest BCUT2D eigenvalue weighted by Crippen LogP contribution is 2.35. The van der Waals surface area contributed by atoms with Crippen molar-refractivity contribution < 1.29 is 4.74 Å². The third kappa shape index (κ3) is 2.58. The van der Waals surface area contributed by atoms with Gasteiger partial charge in [0.2, 0.25) is 0 Å². The van der Waals surface area contributed by atoms with Crippen LogP contribution in [-0.4, -0.2) is 4.98 Å². The topological polar surface area (TPSA) is 45.9 Å². The SMILES string of the molecule is N#Cc1c(Br)cccc1Oc1ccc(Cl)c2cccnc12. The molecule has 3 aromatic rings. The molecular weight excluding hydrogens is 352 g/mol. The summed E-state index contributed by atoms with van der Waals surface area (Å²) < 4.78 is 6.56. The third-order valence-electron chi connectivity index (χ3n) is 2.99. The number of aromatic nitrogens is 1. The number of hydrogen-bond donors (Lipinski definition) is 0. The van der Waals surface area contributed by atoms with Crippen LogP contribution in [0.15, 0.2) is 53.1 Å². The van der Waals surface area contributed by atoms with Crippen LogP contribution in [0.3, 0.4) is 0 Å². The number of benzene rings is 2. The fourth-order valence-corrected chi connectivity index (χ4v) is 2.66. The van der Waals surface area contributed by atoms with E-state index in [1.807, 2.05) is 18.2 Å². The summed E-state index contributed by atoms with van der Waals surface area (Å²) in [6.45, 7) is 0. The van der Waals surface area contributed by atoms with Gasteiger partial charge in [0.05, 0.1) is 5.02 Å². The highest BCUT2D eigenvalue weighted by atomic mass is 79.9. The summed E-state index contributed by atoms with van der Waals surface area (Å²) in [7, 11) is 0. The number of ether oxygens (including phenoxy) is 1. The van der Waals surface area contributed by atoms with Gasteiger partial charge in [-0.3, -0.25) is 4.98 Å². The van der Waals surface area contributed by atoms with Crippen LogP contribution in [0.1, 0.15) is 5.56 Å². The molecule has 21 heavy (non-hydrogen) atoms. The molecule has 5 heteroatoms. The molecule has 0 atom stereocenters. The van der Waals surface area contributed by atoms with Gasteiger partial charge in [-0.2, -0.15) is 5.26 Å². The first-order chi connectivity index (χ1) is 10.2. The normalized spacial score (nSPS) is 10.3. The molecule has 0 saturated carbocycles. The molecule has 0 N–H and O–H groups in total. The van der Waals surface area contributed by atoms with Gasteiger partial charge in [-0.05, 0) is 52.3 Å². The maximum absolute atomic E-state index is 9.24. The van der Waals surface area contributed by atoms with Crippen LogP contribution in [0, 0.1) is 11.3 Å². The van der Waals surface area contributed by atoms with E-state index in [0.29, 0.717) is 32.1 Å². The van der Waals surface area contributed by atoms with Crippen molar-refractivity contribution in [2.75, 3.05) is 0 Å². The third-order valence-corrected chi connectivity index (χ3v) is 3.98. The van der Waals surface area contributed by atoms with Crippen molar-refractivity contribution >= 4 is 38.4 Å². The van der Waals surface area contributed by atoms with Crippen LogP contribution in [0.5, 0.6) is 11.5 Å². The van der Waals surface area contributed by atoms with Crippen molar-refractivity contribution in [2.24, 2.45) is 0 Å². The number of nitrogens with zero attached hydrogens (tertiary/aromatic N) is 2. The van der Waals surface area contributed by atoms with Crippen LogP contribution in [-0.2, 0) is 0 Å². The molecule has 0 aliphatic rings. The lowest BCUT2D eigenvalue weighted by Gasteiger charge is -2.11. The predicted molar refractivity (Wildman–Crippen MR) is 85.7 cm³/mol. The summed E-state index contributed by atoms with van der Waals surface area (Å²) in [6.07, 6.45) is 1.68. The van der Waals surface area contributed by atoms with Crippen LogP contribution in [0.4, 0.5) is 0 Å². The Hall–Kier alpha value is -2.09. The lowest BCUT2D eigenvalue weighted by atomic mass is 10.2. The second kappa shape index (κ2) is 5.72. The highest BCUT2D eigenvalue weighted by molar-refractivity contribution is 9.10. The van der Waals surface area contributed by atoms with Crippen molar-refractivity contribution in [3.05, 3.63) is 63.7 Å². The van der Waals surface area contributed by atoms with E-state index < -0.39 is 0 Å².